The maximum atomic E-state index is 9.69. The van der Waals surface area contributed by atoms with Crippen LogP contribution < -0.4 is 0 Å². The number of carbonyl (C=O) groups is 1. The van der Waals surface area contributed by atoms with Crippen LogP contribution in [0.4, 0.5) is 0 Å². The Hall–Kier alpha value is -1.11. The van der Waals surface area contributed by atoms with Gasteiger partial charge in [0.25, 0.3) is 0 Å². The van der Waals surface area contributed by atoms with Crippen LogP contribution in [0.5, 0.6) is 0 Å². The molecule has 0 saturated carbocycles. The van der Waals surface area contributed by atoms with E-state index in [4.69, 9.17) is 0 Å². The van der Waals surface area contributed by atoms with Gasteiger partial charge in [-0.05, 0) is 19.9 Å². The molecule has 10 heavy (non-hydrogen) atoms. The lowest BCUT2D eigenvalue weighted by Gasteiger charge is -1.71. The van der Waals surface area contributed by atoms with Crippen molar-refractivity contribution in [2.75, 3.05) is 0 Å². The van der Waals surface area contributed by atoms with E-state index in [1.54, 1.807) is 6.08 Å². The fourth-order valence-electron chi connectivity index (χ4n) is 0. The molecule has 0 aromatic rings. The molecule has 0 amide bonds. The van der Waals surface area contributed by atoms with Gasteiger partial charge in [-0.3, -0.25) is 4.79 Å². The van der Waals surface area contributed by atoms with Gasteiger partial charge in [0.15, 0.2) is 5.78 Å². The molecule has 0 spiro atoms. The molecule has 0 rings (SSSR count). The molecule has 0 aliphatic heterocycles. The summed E-state index contributed by atoms with van der Waals surface area (Å²) in [5.74, 6) is 0.0185. The molecule has 0 bridgehead atoms. The molecule has 56 valence electrons. The molecule has 0 aliphatic rings. The first-order chi connectivity index (χ1) is 4.54. The van der Waals surface area contributed by atoms with E-state index >= 15 is 0 Å². The first-order valence-corrected chi connectivity index (χ1v) is 2.95. The summed E-state index contributed by atoms with van der Waals surface area (Å²) in [4.78, 5) is 9.69. The molecule has 0 unspecified atom stereocenters. The highest BCUT2D eigenvalue weighted by Crippen LogP contribution is 1.81. The van der Waals surface area contributed by atoms with Gasteiger partial charge in [-0.15, -0.1) is 0 Å². The highest BCUT2D eigenvalue weighted by atomic mass is 16.1. The lowest BCUT2D eigenvalue weighted by Crippen LogP contribution is -1.74. The number of ketones is 1. The van der Waals surface area contributed by atoms with E-state index in [0.29, 0.717) is 0 Å². The molecule has 1 nitrogen and oxygen atoms in total. The lowest BCUT2D eigenvalue weighted by molar-refractivity contribution is -0.112. The molecule has 0 radical (unpaired) electrons. The average Bonchev–Trinajstić information content (AvgIpc) is 1.89. The van der Waals surface area contributed by atoms with Crippen molar-refractivity contribution >= 4 is 5.78 Å². The van der Waals surface area contributed by atoms with Crippen LogP contribution in [0.25, 0.3) is 0 Å². The summed E-state index contributed by atoms with van der Waals surface area (Å²) in [6.45, 7) is 13.6. The Morgan fingerprint density at radius 3 is 1.40 bits per heavy atom. The van der Waals surface area contributed by atoms with Gasteiger partial charge in [0.05, 0.1) is 0 Å². The second-order valence-electron chi connectivity index (χ2n) is 1.87. The van der Waals surface area contributed by atoms with E-state index in [2.05, 4.69) is 19.7 Å². The highest BCUT2D eigenvalue weighted by Gasteiger charge is 1.69. The van der Waals surface area contributed by atoms with E-state index in [0.717, 1.165) is 5.57 Å². The number of carbonyl (C=O) groups excluding carboxylic acids is 1. The van der Waals surface area contributed by atoms with Crippen molar-refractivity contribution in [3.63, 3.8) is 0 Å². The Morgan fingerprint density at radius 2 is 1.40 bits per heavy atom. The topological polar surface area (TPSA) is 17.1 Å². The van der Waals surface area contributed by atoms with Crippen molar-refractivity contribution in [1.29, 1.82) is 0 Å². The minimum atomic E-state index is 0.0185. The van der Waals surface area contributed by atoms with Gasteiger partial charge in [-0.2, -0.15) is 0 Å². The Kier molecular flexibility index (Phi) is 9.20. The average molecular weight is 138 g/mol. The Labute approximate surface area is 62.8 Å². The van der Waals surface area contributed by atoms with Crippen molar-refractivity contribution in [3.05, 3.63) is 37.5 Å². The molecular weight excluding hydrogens is 124 g/mol. The van der Waals surface area contributed by atoms with Crippen LogP contribution in [-0.2, 0) is 4.79 Å². The Balaban J connectivity index is 0. The van der Waals surface area contributed by atoms with E-state index < -0.39 is 0 Å². The van der Waals surface area contributed by atoms with E-state index in [1.807, 2.05) is 6.92 Å². The quantitative estimate of drug-likeness (QED) is 0.423. The zero-order valence-corrected chi connectivity index (χ0v) is 6.68. The maximum absolute atomic E-state index is 9.69. The zero-order chi connectivity index (χ0) is 8.57. The van der Waals surface area contributed by atoms with Gasteiger partial charge in [0.2, 0.25) is 0 Å². The van der Waals surface area contributed by atoms with Crippen LogP contribution in [-0.4, -0.2) is 5.78 Å². The second-order valence-corrected chi connectivity index (χ2v) is 1.87. The highest BCUT2D eigenvalue weighted by molar-refractivity contribution is 5.86. The van der Waals surface area contributed by atoms with Gasteiger partial charge in [-0.1, -0.05) is 31.4 Å². The van der Waals surface area contributed by atoms with E-state index in [-0.39, 0.29) is 5.78 Å². The number of allylic oxidation sites excluding steroid dienone is 3. The molecular formula is C9H14O. The monoisotopic (exact) mass is 138 g/mol. The Morgan fingerprint density at radius 1 is 1.20 bits per heavy atom. The number of hydrogen-bond donors (Lipinski definition) is 0. The fourth-order valence-corrected chi connectivity index (χ4v) is 0. The summed E-state index contributed by atoms with van der Waals surface area (Å²) in [6, 6.07) is 0. The standard InChI is InChI=1S/C5H8.C4H6O/c1-4-5(2)3;1-3-4(2)5/h4H,1-2H2,3H3;3H,1H2,2H3. The van der Waals surface area contributed by atoms with E-state index in [1.165, 1.54) is 13.0 Å². The summed E-state index contributed by atoms with van der Waals surface area (Å²) in [6.07, 6.45) is 3.00. The van der Waals surface area contributed by atoms with Gasteiger partial charge in [-0.25, -0.2) is 0 Å². The summed E-state index contributed by atoms with van der Waals surface area (Å²) in [5, 5.41) is 0. The minimum Gasteiger partial charge on any atom is -0.295 e. The van der Waals surface area contributed by atoms with Crippen molar-refractivity contribution in [3.8, 4) is 0 Å². The van der Waals surface area contributed by atoms with Crippen molar-refractivity contribution in [2.24, 2.45) is 0 Å². The predicted molar refractivity (Wildman–Crippen MR) is 45.9 cm³/mol. The number of rotatable bonds is 2. The van der Waals surface area contributed by atoms with Gasteiger partial charge >= 0.3 is 0 Å². The third kappa shape index (κ3) is 28.6. The van der Waals surface area contributed by atoms with Crippen LogP contribution >= 0.6 is 0 Å². The maximum Gasteiger partial charge on any atom is 0.152 e. The smallest absolute Gasteiger partial charge is 0.152 e. The van der Waals surface area contributed by atoms with Crippen molar-refractivity contribution in [2.45, 2.75) is 13.8 Å². The fraction of sp³-hybridized carbons (Fsp3) is 0.222. The SMILES string of the molecule is C=CC(=C)C.C=CC(C)=O. The largest absolute Gasteiger partial charge is 0.295 e. The van der Waals surface area contributed by atoms with Gasteiger partial charge in [0, 0.05) is 0 Å². The molecule has 0 N–H and O–H groups in total. The van der Waals surface area contributed by atoms with Crippen LogP contribution in [0.3, 0.4) is 0 Å². The van der Waals surface area contributed by atoms with Crippen molar-refractivity contribution < 1.29 is 4.79 Å². The minimum absolute atomic E-state index is 0.0185. The van der Waals surface area contributed by atoms with E-state index in [9.17, 15) is 4.79 Å². The molecule has 0 heterocycles. The lowest BCUT2D eigenvalue weighted by atomic mass is 10.4. The van der Waals surface area contributed by atoms with Gasteiger partial charge in [0.1, 0.15) is 0 Å². The third-order valence-electron chi connectivity index (χ3n) is 0.636. The zero-order valence-electron chi connectivity index (χ0n) is 6.68. The molecule has 0 aliphatic carbocycles. The van der Waals surface area contributed by atoms with Crippen molar-refractivity contribution in [1.82, 2.24) is 0 Å². The Bertz CT molecular complexity index is 125. The molecule has 0 aromatic carbocycles. The van der Waals surface area contributed by atoms with Gasteiger partial charge < -0.3 is 0 Å². The van der Waals surface area contributed by atoms with Crippen LogP contribution in [0, 0.1) is 0 Å². The van der Waals surface area contributed by atoms with Crippen LogP contribution in [0.2, 0.25) is 0 Å². The first-order valence-electron chi connectivity index (χ1n) is 2.95. The second kappa shape index (κ2) is 7.89. The summed E-state index contributed by atoms with van der Waals surface area (Å²) in [5.41, 5.74) is 1.02. The first kappa shape index (κ1) is 11.7. The molecule has 0 atom stereocenters. The molecule has 0 saturated heterocycles. The summed E-state index contributed by atoms with van der Waals surface area (Å²) >= 11 is 0. The van der Waals surface area contributed by atoms with Crippen LogP contribution in [0.15, 0.2) is 37.5 Å². The summed E-state index contributed by atoms with van der Waals surface area (Å²) in [7, 11) is 0. The molecule has 0 fully saturated rings. The van der Waals surface area contributed by atoms with Crippen LogP contribution in [0.1, 0.15) is 13.8 Å². The molecule has 1 heteroatoms. The molecule has 0 aromatic heterocycles. The summed E-state index contributed by atoms with van der Waals surface area (Å²) < 4.78 is 0. The third-order valence-corrected chi connectivity index (χ3v) is 0.636. The predicted octanol–water partition coefficient (Wildman–Crippen LogP) is 2.51. The number of hydrogen-bond acceptors (Lipinski definition) is 1. The normalized spacial score (nSPS) is 6.60.